The molecule has 3 N–H and O–H groups in total. The molecule has 0 aromatic heterocycles. The van der Waals surface area contributed by atoms with E-state index in [4.69, 9.17) is 4.74 Å². The summed E-state index contributed by atoms with van der Waals surface area (Å²) in [6, 6.07) is -0.539. The average Bonchev–Trinajstić information content (AvgIpc) is 3.44. The van der Waals surface area contributed by atoms with E-state index in [-0.39, 0.29) is 18.5 Å². The molecule has 1 amide bonds. The van der Waals surface area contributed by atoms with Crippen LogP contribution in [0.25, 0.3) is 0 Å². The summed E-state index contributed by atoms with van der Waals surface area (Å²) in [5.74, 6) is -0.0270. The number of hydrogen-bond acceptors (Lipinski definition) is 5. The van der Waals surface area contributed by atoms with Crippen molar-refractivity contribution in [2.75, 3.05) is 13.2 Å². The first-order valence-corrected chi connectivity index (χ1v) is 34.9. The summed E-state index contributed by atoms with van der Waals surface area (Å²) in [5.41, 5.74) is 0. The van der Waals surface area contributed by atoms with Gasteiger partial charge in [0.2, 0.25) is 5.91 Å². The quantitative estimate of drug-likeness (QED) is 0.0320. The van der Waals surface area contributed by atoms with Gasteiger partial charge in [0.25, 0.3) is 0 Å². The van der Waals surface area contributed by atoms with Crippen LogP contribution < -0.4 is 5.32 Å². The van der Waals surface area contributed by atoms with Gasteiger partial charge >= 0.3 is 5.97 Å². The highest BCUT2D eigenvalue weighted by atomic mass is 16.5. The largest absolute Gasteiger partial charge is 0.466 e. The highest BCUT2D eigenvalue weighted by molar-refractivity contribution is 5.76. The summed E-state index contributed by atoms with van der Waals surface area (Å²) < 4.78 is 5.50. The molecule has 0 aromatic rings. The molecule has 0 heterocycles. The van der Waals surface area contributed by atoms with Gasteiger partial charge in [0.05, 0.1) is 25.4 Å². The van der Waals surface area contributed by atoms with E-state index in [2.05, 4.69) is 67.8 Å². The van der Waals surface area contributed by atoms with Gasteiger partial charge in [0.15, 0.2) is 0 Å². The van der Waals surface area contributed by atoms with Crippen molar-refractivity contribution >= 4 is 11.9 Å². The molecule has 0 radical (unpaired) electrons. The van der Waals surface area contributed by atoms with Gasteiger partial charge in [0, 0.05) is 12.8 Å². The number of allylic oxidation sites excluding steroid dienone is 8. The lowest BCUT2D eigenvalue weighted by Gasteiger charge is -2.22. The molecule has 458 valence electrons. The first-order valence-electron chi connectivity index (χ1n) is 34.9. The number of esters is 1. The highest BCUT2D eigenvalue weighted by Gasteiger charge is 2.20. The van der Waals surface area contributed by atoms with Gasteiger partial charge in [-0.2, -0.15) is 0 Å². The molecule has 0 aliphatic rings. The van der Waals surface area contributed by atoms with Crippen molar-refractivity contribution in [3.05, 3.63) is 48.6 Å². The molecule has 0 saturated carbocycles. The Morgan fingerprint density at radius 1 is 0.359 bits per heavy atom. The van der Waals surface area contributed by atoms with Crippen LogP contribution in [0, 0.1) is 0 Å². The van der Waals surface area contributed by atoms with Crippen LogP contribution in [0.3, 0.4) is 0 Å². The minimum atomic E-state index is -0.661. The average molecular weight is 1090 g/mol. The van der Waals surface area contributed by atoms with E-state index in [1.54, 1.807) is 0 Å². The monoisotopic (exact) mass is 1090 g/mol. The Hall–Kier alpha value is -2.18. The lowest BCUT2D eigenvalue weighted by Crippen LogP contribution is -2.45. The van der Waals surface area contributed by atoms with Gasteiger partial charge < -0.3 is 20.3 Å². The molecular weight excluding hydrogens is 959 g/mol. The summed E-state index contributed by atoms with van der Waals surface area (Å²) >= 11 is 0. The van der Waals surface area contributed by atoms with Crippen molar-refractivity contribution in [1.29, 1.82) is 0 Å². The fourth-order valence-electron chi connectivity index (χ4n) is 10.8. The smallest absolute Gasteiger partial charge is 0.305 e. The van der Waals surface area contributed by atoms with Crippen molar-refractivity contribution in [2.24, 2.45) is 0 Å². The van der Waals surface area contributed by atoms with Gasteiger partial charge in [-0.3, -0.25) is 9.59 Å². The van der Waals surface area contributed by atoms with Gasteiger partial charge in [-0.25, -0.2) is 0 Å². The van der Waals surface area contributed by atoms with Crippen LogP contribution in [0.4, 0.5) is 0 Å². The van der Waals surface area contributed by atoms with Crippen LogP contribution in [-0.2, 0) is 14.3 Å². The SMILES string of the molecule is CCCCCC/C=C\C/C=C\CCCCCCCCCC(=O)OCCCCCCCCCCC/C=C\C/C=C\CCCCCCCCCCCCCCCCCCCC(=O)NC(CO)C(O)CCCCCCCCCCCC. The molecule has 0 aliphatic carbocycles. The summed E-state index contributed by atoms with van der Waals surface area (Å²) in [6.07, 6.45) is 87.4. The first-order chi connectivity index (χ1) is 38.5. The van der Waals surface area contributed by atoms with E-state index in [0.717, 1.165) is 57.8 Å². The van der Waals surface area contributed by atoms with Gasteiger partial charge in [-0.15, -0.1) is 0 Å². The van der Waals surface area contributed by atoms with Crippen LogP contribution in [0.2, 0.25) is 0 Å². The van der Waals surface area contributed by atoms with Crippen molar-refractivity contribution in [3.63, 3.8) is 0 Å². The number of aliphatic hydroxyl groups is 2. The van der Waals surface area contributed by atoms with Crippen molar-refractivity contribution in [3.8, 4) is 0 Å². The molecule has 0 bridgehead atoms. The lowest BCUT2D eigenvalue weighted by atomic mass is 10.0. The molecule has 78 heavy (non-hydrogen) atoms. The van der Waals surface area contributed by atoms with Gasteiger partial charge in [-0.1, -0.05) is 319 Å². The Balaban J connectivity index is 3.36. The van der Waals surface area contributed by atoms with Crippen LogP contribution in [0.5, 0.6) is 0 Å². The second-order valence-corrected chi connectivity index (χ2v) is 23.9. The van der Waals surface area contributed by atoms with Crippen LogP contribution in [-0.4, -0.2) is 47.4 Å². The Morgan fingerprint density at radius 2 is 0.641 bits per heavy atom. The minimum absolute atomic E-state index is 0.00682. The number of hydrogen-bond donors (Lipinski definition) is 3. The predicted molar refractivity (Wildman–Crippen MR) is 342 cm³/mol. The third-order valence-corrected chi connectivity index (χ3v) is 16.1. The number of nitrogens with one attached hydrogen (secondary N) is 1. The van der Waals surface area contributed by atoms with Crippen molar-refractivity contribution in [2.45, 2.75) is 386 Å². The van der Waals surface area contributed by atoms with Crippen LogP contribution in [0.1, 0.15) is 373 Å². The second-order valence-electron chi connectivity index (χ2n) is 23.9. The third-order valence-electron chi connectivity index (χ3n) is 16.1. The van der Waals surface area contributed by atoms with E-state index >= 15 is 0 Å². The van der Waals surface area contributed by atoms with E-state index in [1.807, 2.05) is 0 Å². The molecule has 0 aromatic carbocycles. The maximum absolute atomic E-state index is 12.4. The molecule has 0 aliphatic heterocycles. The Labute approximate surface area is 486 Å². The van der Waals surface area contributed by atoms with Crippen LogP contribution >= 0.6 is 0 Å². The molecule has 0 spiro atoms. The normalized spacial score (nSPS) is 12.8. The molecule has 6 heteroatoms. The van der Waals surface area contributed by atoms with Crippen LogP contribution in [0.15, 0.2) is 48.6 Å². The molecule has 2 unspecified atom stereocenters. The number of aliphatic hydroxyl groups excluding tert-OH is 2. The van der Waals surface area contributed by atoms with E-state index in [0.29, 0.717) is 25.9 Å². The summed E-state index contributed by atoms with van der Waals surface area (Å²) in [5, 5.41) is 23.2. The zero-order valence-electron chi connectivity index (χ0n) is 52.4. The Bertz CT molecular complexity index is 1310. The number of carbonyl (C=O) groups is 2. The van der Waals surface area contributed by atoms with E-state index < -0.39 is 12.1 Å². The summed E-state index contributed by atoms with van der Waals surface area (Å²) in [4.78, 5) is 24.5. The molecule has 0 fully saturated rings. The fraction of sp³-hybridized carbons (Fsp3) is 0.861. The second kappa shape index (κ2) is 67.3. The number of rotatable bonds is 65. The maximum atomic E-state index is 12.4. The first kappa shape index (κ1) is 75.8. The molecule has 6 nitrogen and oxygen atoms in total. The molecular formula is C72H135NO5. The number of amides is 1. The fourth-order valence-corrected chi connectivity index (χ4v) is 10.8. The summed E-state index contributed by atoms with van der Waals surface area (Å²) in [6.45, 7) is 4.93. The van der Waals surface area contributed by atoms with E-state index in [1.165, 1.54) is 283 Å². The van der Waals surface area contributed by atoms with E-state index in [9.17, 15) is 19.8 Å². The minimum Gasteiger partial charge on any atom is -0.466 e. The highest BCUT2D eigenvalue weighted by Crippen LogP contribution is 2.18. The zero-order valence-corrected chi connectivity index (χ0v) is 52.4. The standard InChI is InChI=1S/C72H135NO5/c1-3-5-7-9-11-13-15-16-17-18-37-40-43-46-50-54-58-62-66-72(77)78-67-63-59-55-51-47-44-41-38-35-33-31-29-27-25-23-21-19-20-22-24-26-28-30-32-34-36-39-42-45-49-53-57-61-65-71(76)73-69(68-74)70(75)64-60-56-52-48-14-12-10-8-6-4-2/h13,15,17-18,23,25,29,31,69-70,74-75H,3-12,14,16,19-22,24,26-28,30,32-68H2,1-2H3,(H,73,76)/b15-13-,18-17-,25-23-,31-29-. The maximum Gasteiger partial charge on any atom is 0.305 e. The lowest BCUT2D eigenvalue weighted by molar-refractivity contribution is -0.143. The topological polar surface area (TPSA) is 95.9 Å². The van der Waals surface area contributed by atoms with Gasteiger partial charge in [-0.05, 0) is 89.9 Å². The summed E-state index contributed by atoms with van der Waals surface area (Å²) in [7, 11) is 0. The molecule has 0 saturated heterocycles. The van der Waals surface area contributed by atoms with Gasteiger partial charge in [0.1, 0.15) is 0 Å². The number of ether oxygens (including phenoxy) is 1. The zero-order chi connectivity index (χ0) is 56.4. The van der Waals surface area contributed by atoms with Crippen molar-refractivity contribution < 1.29 is 24.5 Å². The Kier molecular flexibility index (Phi) is 65.4. The predicted octanol–water partition coefficient (Wildman–Crippen LogP) is 22.5. The number of carbonyl (C=O) groups excluding carboxylic acids is 2. The number of unbranched alkanes of at least 4 members (excludes halogenated alkanes) is 46. The third kappa shape index (κ3) is 63.0. The Morgan fingerprint density at radius 3 is 0.987 bits per heavy atom. The van der Waals surface area contributed by atoms with Crippen molar-refractivity contribution in [1.82, 2.24) is 5.32 Å². The molecule has 2 atom stereocenters. The molecule has 0 rings (SSSR count).